The van der Waals surface area contributed by atoms with E-state index in [1.807, 2.05) is 30.3 Å². The van der Waals surface area contributed by atoms with Crippen molar-refractivity contribution < 1.29 is 4.74 Å². The van der Waals surface area contributed by atoms with Crippen LogP contribution in [0.2, 0.25) is 10.0 Å². The number of benzene rings is 2. The minimum atomic E-state index is 0.126. The Morgan fingerprint density at radius 2 is 1.76 bits per heavy atom. The van der Waals surface area contributed by atoms with E-state index in [0.717, 1.165) is 28.8 Å². The van der Waals surface area contributed by atoms with E-state index in [2.05, 4.69) is 17.4 Å². The van der Waals surface area contributed by atoms with Crippen LogP contribution in [0.3, 0.4) is 0 Å². The Kier molecular flexibility index (Phi) is 3.33. The Morgan fingerprint density at radius 1 is 1.00 bits per heavy atom. The lowest BCUT2D eigenvalue weighted by Crippen LogP contribution is -2.29. The zero-order valence-electron chi connectivity index (χ0n) is 11.4. The van der Waals surface area contributed by atoms with E-state index in [-0.39, 0.29) is 12.1 Å². The average molecular weight is 320 g/mol. The lowest BCUT2D eigenvalue weighted by atomic mass is 9.81. The van der Waals surface area contributed by atoms with E-state index >= 15 is 0 Å². The van der Waals surface area contributed by atoms with Gasteiger partial charge in [0.15, 0.2) is 0 Å². The molecule has 2 aromatic carbocycles. The van der Waals surface area contributed by atoms with Crippen LogP contribution in [-0.4, -0.2) is 6.61 Å². The maximum atomic E-state index is 6.14. The van der Waals surface area contributed by atoms with Gasteiger partial charge in [-0.15, -0.1) is 0 Å². The molecule has 0 unspecified atom stereocenters. The number of ether oxygens (including phenoxy) is 1. The van der Waals surface area contributed by atoms with Crippen LogP contribution in [0.4, 0.5) is 5.69 Å². The number of hydrogen-bond donors (Lipinski definition) is 1. The van der Waals surface area contributed by atoms with Crippen molar-refractivity contribution in [3.63, 3.8) is 0 Å². The van der Waals surface area contributed by atoms with Gasteiger partial charge in [0.2, 0.25) is 0 Å². The average Bonchev–Trinajstić information content (AvgIpc) is 2.97. The largest absolute Gasteiger partial charge is 0.378 e. The molecule has 2 aliphatic heterocycles. The molecule has 0 bridgehead atoms. The molecule has 0 radical (unpaired) electrons. The first kappa shape index (κ1) is 13.4. The van der Waals surface area contributed by atoms with Crippen LogP contribution < -0.4 is 5.32 Å². The van der Waals surface area contributed by atoms with Crippen molar-refractivity contribution >= 4 is 28.9 Å². The Morgan fingerprint density at radius 3 is 2.57 bits per heavy atom. The van der Waals surface area contributed by atoms with Crippen LogP contribution in [0.15, 0.2) is 42.5 Å². The monoisotopic (exact) mass is 319 g/mol. The van der Waals surface area contributed by atoms with Gasteiger partial charge in [0.05, 0.1) is 12.1 Å². The van der Waals surface area contributed by atoms with Crippen LogP contribution in [0.1, 0.15) is 29.7 Å². The standard InChI is InChI=1S/C17H15Cl2NO/c18-11-3-1-10(2-4-11)16-13-7-8-21-17(13)14-9-12(19)5-6-15(14)20-16/h1-6,9,13,16-17,20H,7-8H2/t13-,16+,17-/m1/s1. The van der Waals surface area contributed by atoms with Crippen LogP contribution in [0.25, 0.3) is 0 Å². The van der Waals surface area contributed by atoms with Gasteiger partial charge in [-0.2, -0.15) is 0 Å². The summed E-state index contributed by atoms with van der Waals surface area (Å²) >= 11 is 12.1. The number of halogens is 2. The van der Waals surface area contributed by atoms with Crippen LogP contribution in [0, 0.1) is 5.92 Å². The van der Waals surface area contributed by atoms with E-state index in [1.165, 1.54) is 11.1 Å². The second-order valence-electron chi connectivity index (χ2n) is 5.65. The summed E-state index contributed by atoms with van der Waals surface area (Å²) in [6, 6.07) is 14.3. The number of anilines is 1. The molecule has 0 amide bonds. The molecule has 0 aliphatic carbocycles. The molecule has 2 aliphatic rings. The van der Waals surface area contributed by atoms with Gasteiger partial charge in [0, 0.05) is 33.8 Å². The third-order valence-corrected chi connectivity index (χ3v) is 4.91. The number of hydrogen-bond acceptors (Lipinski definition) is 2. The molecule has 3 atom stereocenters. The third kappa shape index (κ3) is 2.32. The van der Waals surface area contributed by atoms with Crippen molar-refractivity contribution in [2.45, 2.75) is 18.6 Å². The van der Waals surface area contributed by atoms with Crippen molar-refractivity contribution in [3.05, 3.63) is 63.6 Å². The highest BCUT2D eigenvalue weighted by Crippen LogP contribution is 2.50. The van der Waals surface area contributed by atoms with E-state index < -0.39 is 0 Å². The Labute approximate surface area is 134 Å². The fourth-order valence-corrected chi connectivity index (χ4v) is 3.75. The van der Waals surface area contributed by atoms with Gasteiger partial charge in [0.1, 0.15) is 0 Å². The molecule has 0 aromatic heterocycles. The Balaban J connectivity index is 1.77. The lowest BCUT2D eigenvalue weighted by molar-refractivity contribution is 0.0829. The van der Waals surface area contributed by atoms with Crippen LogP contribution in [-0.2, 0) is 4.74 Å². The molecule has 1 fully saturated rings. The third-order valence-electron chi connectivity index (χ3n) is 4.43. The van der Waals surface area contributed by atoms with Gasteiger partial charge in [-0.1, -0.05) is 35.3 Å². The van der Waals surface area contributed by atoms with Gasteiger partial charge < -0.3 is 10.1 Å². The molecule has 2 nitrogen and oxygen atoms in total. The fraction of sp³-hybridized carbons (Fsp3) is 0.294. The van der Waals surface area contributed by atoms with Crippen molar-refractivity contribution in [2.24, 2.45) is 5.92 Å². The molecule has 0 spiro atoms. The van der Waals surface area contributed by atoms with Crippen molar-refractivity contribution in [1.29, 1.82) is 0 Å². The predicted molar refractivity (Wildman–Crippen MR) is 86.1 cm³/mol. The predicted octanol–water partition coefficient (Wildman–Crippen LogP) is 5.24. The number of rotatable bonds is 1. The SMILES string of the molecule is Clc1ccc([C@@H]2Nc3ccc(Cl)cc3[C@@H]3OCC[C@H]23)cc1. The molecule has 4 heteroatoms. The fourth-order valence-electron chi connectivity index (χ4n) is 3.44. The summed E-state index contributed by atoms with van der Waals surface area (Å²) in [6.07, 6.45) is 1.18. The summed E-state index contributed by atoms with van der Waals surface area (Å²) in [6.45, 7) is 0.799. The summed E-state index contributed by atoms with van der Waals surface area (Å²) in [5.74, 6) is 0.428. The molecular weight excluding hydrogens is 305 g/mol. The first-order chi connectivity index (χ1) is 10.2. The highest BCUT2D eigenvalue weighted by molar-refractivity contribution is 6.31. The normalized spacial score (nSPS) is 26.9. The number of fused-ring (bicyclic) bond motifs is 3. The van der Waals surface area contributed by atoms with Crippen LogP contribution >= 0.6 is 23.2 Å². The second kappa shape index (κ2) is 5.20. The maximum absolute atomic E-state index is 6.14. The van der Waals surface area contributed by atoms with Crippen molar-refractivity contribution in [3.8, 4) is 0 Å². The summed E-state index contributed by atoms with van der Waals surface area (Å²) in [4.78, 5) is 0. The maximum Gasteiger partial charge on any atom is 0.0897 e. The molecule has 21 heavy (non-hydrogen) atoms. The molecule has 2 heterocycles. The minimum absolute atomic E-state index is 0.126. The van der Waals surface area contributed by atoms with E-state index in [0.29, 0.717) is 5.92 Å². The first-order valence-corrected chi connectivity index (χ1v) is 7.91. The van der Waals surface area contributed by atoms with Gasteiger partial charge in [-0.3, -0.25) is 0 Å². The van der Waals surface area contributed by atoms with E-state index in [1.54, 1.807) is 0 Å². The smallest absolute Gasteiger partial charge is 0.0897 e. The number of nitrogens with one attached hydrogen (secondary N) is 1. The summed E-state index contributed by atoms with van der Waals surface area (Å²) in [7, 11) is 0. The quantitative estimate of drug-likeness (QED) is 0.776. The highest BCUT2D eigenvalue weighted by atomic mass is 35.5. The Hall–Kier alpha value is -1.22. The van der Waals surface area contributed by atoms with Crippen molar-refractivity contribution in [2.75, 3.05) is 11.9 Å². The molecule has 1 N–H and O–H groups in total. The zero-order chi connectivity index (χ0) is 14.4. The Bertz CT molecular complexity index is 671. The second-order valence-corrected chi connectivity index (χ2v) is 6.52. The van der Waals surface area contributed by atoms with E-state index in [4.69, 9.17) is 27.9 Å². The van der Waals surface area contributed by atoms with Gasteiger partial charge in [0.25, 0.3) is 0 Å². The molecular formula is C17H15Cl2NO. The highest BCUT2D eigenvalue weighted by Gasteiger charge is 2.41. The molecule has 0 saturated carbocycles. The topological polar surface area (TPSA) is 21.3 Å². The van der Waals surface area contributed by atoms with E-state index in [9.17, 15) is 0 Å². The van der Waals surface area contributed by atoms with Crippen LogP contribution in [0.5, 0.6) is 0 Å². The first-order valence-electron chi connectivity index (χ1n) is 7.15. The summed E-state index contributed by atoms with van der Waals surface area (Å²) in [5, 5.41) is 5.17. The molecule has 4 rings (SSSR count). The summed E-state index contributed by atoms with van der Waals surface area (Å²) < 4.78 is 5.99. The molecule has 108 valence electrons. The molecule has 2 aromatic rings. The van der Waals surface area contributed by atoms with Gasteiger partial charge in [-0.05, 0) is 42.3 Å². The zero-order valence-corrected chi connectivity index (χ0v) is 12.9. The summed E-state index contributed by atoms with van der Waals surface area (Å²) in [5.41, 5.74) is 3.54. The van der Waals surface area contributed by atoms with Gasteiger partial charge in [-0.25, -0.2) is 0 Å². The minimum Gasteiger partial charge on any atom is -0.378 e. The van der Waals surface area contributed by atoms with Gasteiger partial charge >= 0.3 is 0 Å². The lowest BCUT2D eigenvalue weighted by Gasteiger charge is -2.36. The van der Waals surface area contributed by atoms with Crippen molar-refractivity contribution in [1.82, 2.24) is 0 Å². The molecule has 1 saturated heterocycles.